The second kappa shape index (κ2) is 6.65. The van der Waals surface area contributed by atoms with Gasteiger partial charge in [0.05, 0.1) is 18.0 Å². The third-order valence-corrected chi connectivity index (χ3v) is 5.80. The summed E-state index contributed by atoms with van der Waals surface area (Å²) in [6.45, 7) is 4.06. The molecule has 0 aliphatic carbocycles. The van der Waals surface area contributed by atoms with E-state index in [1.807, 2.05) is 19.1 Å². The van der Waals surface area contributed by atoms with Gasteiger partial charge in [-0.1, -0.05) is 30.4 Å². The quantitative estimate of drug-likeness (QED) is 0.758. The van der Waals surface area contributed by atoms with Crippen LogP contribution in [-0.4, -0.2) is 44.8 Å². The van der Waals surface area contributed by atoms with Gasteiger partial charge in [-0.2, -0.15) is 4.52 Å². The number of methoxy groups -OCH3 is 1. The Bertz CT molecular complexity index is 882. The Kier molecular flexibility index (Phi) is 4.35. The van der Waals surface area contributed by atoms with Gasteiger partial charge < -0.3 is 9.84 Å². The average Bonchev–Trinajstić information content (AvgIpc) is 3.35. The fourth-order valence-electron chi connectivity index (χ4n) is 3.46. The highest BCUT2D eigenvalue weighted by molar-refractivity contribution is 7.17. The Labute approximate surface area is 150 Å². The minimum atomic E-state index is -0.00354. The molecular weight excluding hydrogens is 336 g/mol. The molecule has 3 aromatic rings. The van der Waals surface area contributed by atoms with Crippen LogP contribution in [0.15, 0.2) is 24.3 Å². The van der Waals surface area contributed by atoms with Crippen LogP contribution in [-0.2, 0) is 6.42 Å². The van der Waals surface area contributed by atoms with Gasteiger partial charge in [-0.3, -0.25) is 4.90 Å². The van der Waals surface area contributed by atoms with Crippen molar-refractivity contribution in [2.75, 3.05) is 20.2 Å². The first-order valence-corrected chi connectivity index (χ1v) is 9.48. The Morgan fingerprint density at radius 2 is 2.12 bits per heavy atom. The minimum Gasteiger partial charge on any atom is -0.497 e. The number of hydrogen-bond acceptors (Lipinski definition) is 6. The summed E-state index contributed by atoms with van der Waals surface area (Å²) in [6, 6.07) is 8.09. The minimum absolute atomic E-state index is 0.00354. The Hall–Kier alpha value is -2.12. The summed E-state index contributed by atoms with van der Waals surface area (Å²) in [5, 5.41) is 15.2. The topological polar surface area (TPSA) is 62.9 Å². The number of aromatic nitrogens is 3. The zero-order chi connectivity index (χ0) is 17.4. The summed E-state index contributed by atoms with van der Waals surface area (Å²) in [5.41, 5.74) is 1.12. The lowest BCUT2D eigenvalue weighted by atomic mass is 10.0. The molecule has 0 radical (unpaired) electrons. The normalized spacial score (nSPS) is 16.6. The lowest BCUT2D eigenvalue weighted by Gasteiger charge is -2.27. The molecule has 0 spiro atoms. The predicted octanol–water partition coefficient (Wildman–Crippen LogP) is 3.25. The summed E-state index contributed by atoms with van der Waals surface area (Å²) in [4.78, 5) is 8.58. The lowest BCUT2D eigenvalue weighted by molar-refractivity contribution is 0.276. The van der Waals surface area contributed by atoms with E-state index in [2.05, 4.69) is 27.1 Å². The van der Waals surface area contributed by atoms with Crippen LogP contribution in [0.2, 0.25) is 0 Å². The van der Waals surface area contributed by atoms with Crippen LogP contribution in [0.5, 0.6) is 11.6 Å². The van der Waals surface area contributed by atoms with Crippen molar-refractivity contribution in [1.29, 1.82) is 0 Å². The van der Waals surface area contributed by atoms with Gasteiger partial charge in [0.1, 0.15) is 5.75 Å². The van der Waals surface area contributed by atoms with Crippen LogP contribution in [0, 0.1) is 0 Å². The fraction of sp³-hybridized carbons (Fsp3) is 0.444. The highest BCUT2D eigenvalue weighted by Gasteiger charge is 2.31. The van der Waals surface area contributed by atoms with E-state index < -0.39 is 0 Å². The summed E-state index contributed by atoms with van der Waals surface area (Å²) >= 11 is 1.52. The number of aryl methyl sites for hydroxylation is 1. The van der Waals surface area contributed by atoms with Crippen molar-refractivity contribution in [3.63, 3.8) is 0 Å². The molecule has 0 unspecified atom stereocenters. The molecule has 4 rings (SSSR count). The third kappa shape index (κ3) is 2.87. The molecule has 0 amide bonds. The predicted molar refractivity (Wildman–Crippen MR) is 97.6 cm³/mol. The van der Waals surface area contributed by atoms with Crippen molar-refractivity contribution in [2.24, 2.45) is 0 Å². The molecule has 1 aromatic carbocycles. The molecule has 132 valence electrons. The Balaban J connectivity index is 1.82. The van der Waals surface area contributed by atoms with Gasteiger partial charge >= 0.3 is 0 Å². The van der Waals surface area contributed by atoms with Crippen molar-refractivity contribution >= 4 is 16.3 Å². The monoisotopic (exact) mass is 358 g/mol. The van der Waals surface area contributed by atoms with Gasteiger partial charge in [0.25, 0.3) is 0 Å². The van der Waals surface area contributed by atoms with Crippen molar-refractivity contribution in [3.8, 4) is 11.6 Å². The number of fused-ring (bicyclic) bond motifs is 1. The average molecular weight is 358 g/mol. The van der Waals surface area contributed by atoms with E-state index in [1.165, 1.54) is 24.2 Å². The molecule has 1 fully saturated rings. The van der Waals surface area contributed by atoms with E-state index in [0.717, 1.165) is 46.5 Å². The Morgan fingerprint density at radius 1 is 1.32 bits per heavy atom. The molecule has 3 heterocycles. The molecule has 6 nitrogen and oxygen atoms in total. The number of rotatable bonds is 5. The van der Waals surface area contributed by atoms with Crippen molar-refractivity contribution < 1.29 is 9.84 Å². The molecule has 25 heavy (non-hydrogen) atoms. The van der Waals surface area contributed by atoms with E-state index in [9.17, 15) is 5.11 Å². The maximum Gasteiger partial charge on any atom is 0.230 e. The molecule has 7 heteroatoms. The second-order valence-corrected chi connectivity index (χ2v) is 7.30. The Morgan fingerprint density at radius 3 is 2.80 bits per heavy atom. The zero-order valence-corrected chi connectivity index (χ0v) is 15.3. The smallest absolute Gasteiger partial charge is 0.230 e. The van der Waals surface area contributed by atoms with Gasteiger partial charge in [0, 0.05) is 6.42 Å². The van der Waals surface area contributed by atoms with Gasteiger partial charge in [0.15, 0.2) is 5.82 Å². The molecule has 0 bridgehead atoms. The highest BCUT2D eigenvalue weighted by atomic mass is 32.1. The molecule has 1 saturated heterocycles. The van der Waals surface area contributed by atoms with Gasteiger partial charge in [0.2, 0.25) is 10.8 Å². The first kappa shape index (κ1) is 16.4. The number of aromatic hydroxyl groups is 1. The highest BCUT2D eigenvalue weighted by Crippen LogP contribution is 2.41. The molecule has 1 atom stereocenters. The summed E-state index contributed by atoms with van der Waals surface area (Å²) in [5.74, 6) is 1.79. The first-order chi connectivity index (χ1) is 12.2. The summed E-state index contributed by atoms with van der Waals surface area (Å²) in [7, 11) is 1.68. The maximum atomic E-state index is 10.8. The number of benzene rings is 1. The van der Waals surface area contributed by atoms with Crippen LogP contribution >= 0.6 is 11.3 Å². The van der Waals surface area contributed by atoms with Crippen LogP contribution in [0.25, 0.3) is 4.96 Å². The first-order valence-electron chi connectivity index (χ1n) is 8.66. The molecule has 1 N–H and O–H groups in total. The molecular formula is C18H22N4O2S. The molecule has 1 aliphatic rings. The van der Waals surface area contributed by atoms with Crippen molar-refractivity contribution in [2.45, 2.75) is 32.2 Å². The second-order valence-electron chi connectivity index (χ2n) is 6.29. The van der Waals surface area contributed by atoms with Crippen LogP contribution in [0.1, 0.15) is 42.1 Å². The van der Waals surface area contributed by atoms with Crippen molar-refractivity contribution in [3.05, 3.63) is 40.5 Å². The van der Waals surface area contributed by atoms with Crippen LogP contribution in [0.3, 0.4) is 0 Å². The SMILES string of the molecule is CCc1nc2sc([C@@H](c3cccc(OC)c3)N3CCCC3)c(O)n2n1. The van der Waals surface area contributed by atoms with Gasteiger partial charge in [-0.25, -0.2) is 4.98 Å². The maximum absolute atomic E-state index is 10.8. The van der Waals surface area contributed by atoms with Gasteiger partial charge in [-0.05, 0) is 43.6 Å². The number of nitrogens with zero attached hydrogens (tertiary/aromatic N) is 4. The van der Waals surface area contributed by atoms with E-state index in [0.29, 0.717) is 0 Å². The third-order valence-electron chi connectivity index (χ3n) is 4.72. The van der Waals surface area contributed by atoms with E-state index in [1.54, 1.807) is 11.6 Å². The number of thiazole rings is 1. The van der Waals surface area contributed by atoms with E-state index in [-0.39, 0.29) is 11.9 Å². The molecule has 0 saturated carbocycles. The number of hydrogen-bond donors (Lipinski definition) is 1. The standard InChI is InChI=1S/C18H22N4O2S/c1-3-14-19-18-22(20-14)17(23)16(25-18)15(21-9-4-5-10-21)12-7-6-8-13(11-12)24-2/h6-8,11,15,23H,3-5,9-10H2,1-2H3/t15-/m1/s1. The summed E-state index contributed by atoms with van der Waals surface area (Å²) < 4.78 is 6.97. The number of ether oxygens (including phenoxy) is 1. The lowest BCUT2D eigenvalue weighted by Crippen LogP contribution is -2.26. The van der Waals surface area contributed by atoms with Crippen LogP contribution in [0.4, 0.5) is 0 Å². The van der Waals surface area contributed by atoms with Crippen LogP contribution < -0.4 is 4.74 Å². The van der Waals surface area contributed by atoms with Gasteiger partial charge in [-0.15, -0.1) is 5.10 Å². The van der Waals surface area contributed by atoms with E-state index >= 15 is 0 Å². The molecule has 1 aliphatic heterocycles. The van der Waals surface area contributed by atoms with E-state index in [4.69, 9.17) is 4.74 Å². The molecule has 2 aromatic heterocycles. The fourth-order valence-corrected chi connectivity index (χ4v) is 4.59. The number of likely N-dealkylation sites (tertiary alicyclic amines) is 1. The van der Waals surface area contributed by atoms with Crippen molar-refractivity contribution in [1.82, 2.24) is 19.5 Å². The summed E-state index contributed by atoms with van der Waals surface area (Å²) in [6.07, 6.45) is 3.12. The zero-order valence-electron chi connectivity index (χ0n) is 14.5. The largest absolute Gasteiger partial charge is 0.497 e.